The summed E-state index contributed by atoms with van der Waals surface area (Å²) in [6.07, 6.45) is 3.10. The molecule has 0 aliphatic carbocycles. The maximum Gasteiger partial charge on any atom is 0.260 e. The number of nitrogen functional groups attached to an aromatic ring is 1. The van der Waals surface area contributed by atoms with Crippen LogP contribution >= 0.6 is 0 Å². The van der Waals surface area contributed by atoms with Crippen molar-refractivity contribution in [2.24, 2.45) is 0 Å². The van der Waals surface area contributed by atoms with E-state index in [-0.39, 0.29) is 16.9 Å². The van der Waals surface area contributed by atoms with Gasteiger partial charge in [-0.15, -0.1) is 0 Å². The number of nitrogens with zero attached hydrogens (tertiary/aromatic N) is 2. The van der Waals surface area contributed by atoms with Crippen LogP contribution in [-0.4, -0.2) is 23.8 Å². The first-order valence-corrected chi connectivity index (χ1v) is 7.72. The second-order valence-electron chi connectivity index (χ2n) is 4.37. The molecule has 6 nitrogen and oxygen atoms in total. The van der Waals surface area contributed by atoms with Gasteiger partial charge in [0.25, 0.3) is 10.0 Å². The lowest BCUT2D eigenvalue weighted by molar-refractivity contribution is 0.527. The predicted octanol–water partition coefficient (Wildman–Crippen LogP) is 1.38. The molecule has 2 aromatic heterocycles. The van der Waals surface area contributed by atoms with Crippen LogP contribution in [0, 0.1) is 0 Å². The van der Waals surface area contributed by atoms with E-state index in [2.05, 4.69) is 9.71 Å². The van der Waals surface area contributed by atoms with Crippen molar-refractivity contribution in [2.75, 3.05) is 5.73 Å². The quantitative estimate of drug-likeness (QED) is 0.867. The van der Waals surface area contributed by atoms with Gasteiger partial charge in [0.1, 0.15) is 5.65 Å². The smallest absolute Gasteiger partial charge is 0.260 e. The molecule has 2 heterocycles. The van der Waals surface area contributed by atoms with E-state index >= 15 is 0 Å². The van der Waals surface area contributed by atoms with Crippen LogP contribution in [0.1, 0.15) is 26.7 Å². The van der Waals surface area contributed by atoms with Crippen molar-refractivity contribution in [3.05, 3.63) is 24.4 Å². The molecule has 0 unspecified atom stereocenters. The number of nitrogens with two attached hydrogens (primary N) is 1. The van der Waals surface area contributed by atoms with Gasteiger partial charge in [0.15, 0.2) is 10.8 Å². The first kappa shape index (κ1) is 13.8. The number of rotatable bonds is 5. The number of aromatic nitrogens is 2. The minimum absolute atomic E-state index is 0.00926. The zero-order chi connectivity index (χ0) is 14.0. The fourth-order valence-electron chi connectivity index (χ4n) is 1.99. The molecule has 7 heteroatoms. The van der Waals surface area contributed by atoms with Gasteiger partial charge in [0, 0.05) is 12.2 Å². The second-order valence-corrected chi connectivity index (χ2v) is 6.00. The molecular weight excluding hydrogens is 264 g/mol. The van der Waals surface area contributed by atoms with Crippen molar-refractivity contribution in [1.82, 2.24) is 14.1 Å². The van der Waals surface area contributed by atoms with Crippen molar-refractivity contribution >= 4 is 21.5 Å². The predicted molar refractivity (Wildman–Crippen MR) is 74.3 cm³/mol. The molecule has 0 fully saturated rings. The van der Waals surface area contributed by atoms with E-state index in [1.165, 1.54) is 4.40 Å². The van der Waals surface area contributed by atoms with Crippen molar-refractivity contribution in [3.8, 4) is 0 Å². The third-order valence-corrected chi connectivity index (χ3v) is 4.63. The highest BCUT2D eigenvalue weighted by Crippen LogP contribution is 2.20. The number of fused-ring (bicyclic) bond motifs is 1. The highest BCUT2D eigenvalue weighted by molar-refractivity contribution is 7.89. The molecule has 104 valence electrons. The lowest BCUT2D eigenvalue weighted by Crippen LogP contribution is -2.34. The summed E-state index contributed by atoms with van der Waals surface area (Å²) in [4.78, 5) is 4.06. The average molecular weight is 282 g/mol. The standard InChI is InChI=1S/C12H18N4O2S/c1-3-9(4-2)15-19(17,18)12-11(13)14-10-7-5-6-8-16(10)12/h5-9,15H,3-4,13H2,1-2H3. The SMILES string of the molecule is CCC(CC)NS(=O)(=O)c1c(N)nc2ccccn12. The Morgan fingerprint density at radius 2 is 2.05 bits per heavy atom. The van der Waals surface area contributed by atoms with Gasteiger partial charge in [-0.1, -0.05) is 19.9 Å². The first-order chi connectivity index (χ1) is 8.99. The van der Waals surface area contributed by atoms with E-state index in [1.807, 2.05) is 13.8 Å². The Kier molecular flexibility index (Phi) is 3.77. The van der Waals surface area contributed by atoms with E-state index in [9.17, 15) is 8.42 Å². The molecule has 0 spiro atoms. The molecule has 0 aliphatic heterocycles. The minimum atomic E-state index is -3.67. The Labute approximate surface area is 112 Å². The summed E-state index contributed by atoms with van der Waals surface area (Å²) in [6.45, 7) is 3.88. The van der Waals surface area contributed by atoms with Gasteiger partial charge in [-0.25, -0.2) is 18.1 Å². The normalized spacial score (nSPS) is 12.4. The van der Waals surface area contributed by atoms with Crippen LogP contribution in [0.3, 0.4) is 0 Å². The number of anilines is 1. The number of hydrogen-bond donors (Lipinski definition) is 2. The van der Waals surface area contributed by atoms with E-state index in [4.69, 9.17) is 5.73 Å². The van der Waals surface area contributed by atoms with E-state index in [0.29, 0.717) is 5.65 Å². The summed E-state index contributed by atoms with van der Waals surface area (Å²) < 4.78 is 29.0. The van der Waals surface area contributed by atoms with Crippen LogP contribution in [0.25, 0.3) is 5.65 Å². The Hall–Kier alpha value is -1.60. The average Bonchev–Trinajstić information content (AvgIpc) is 2.72. The summed E-state index contributed by atoms with van der Waals surface area (Å²) in [5.41, 5.74) is 6.27. The molecule has 19 heavy (non-hydrogen) atoms. The van der Waals surface area contributed by atoms with Crippen LogP contribution in [0.5, 0.6) is 0 Å². The summed E-state index contributed by atoms with van der Waals surface area (Å²) in [5, 5.41) is 0.00926. The molecule has 0 saturated heterocycles. The highest BCUT2D eigenvalue weighted by Gasteiger charge is 2.25. The third kappa shape index (κ3) is 2.57. The first-order valence-electron chi connectivity index (χ1n) is 6.24. The minimum Gasteiger partial charge on any atom is -0.381 e. The van der Waals surface area contributed by atoms with E-state index < -0.39 is 10.0 Å². The number of hydrogen-bond acceptors (Lipinski definition) is 4. The highest BCUT2D eigenvalue weighted by atomic mass is 32.2. The summed E-state index contributed by atoms with van der Waals surface area (Å²) in [6, 6.07) is 5.14. The van der Waals surface area contributed by atoms with Gasteiger partial charge in [-0.2, -0.15) is 0 Å². The largest absolute Gasteiger partial charge is 0.381 e. The molecular formula is C12H18N4O2S. The van der Waals surface area contributed by atoms with Crippen molar-refractivity contribution in [3.63, 3.8) is 0 Å². The van der Waals surface area contributed by atoms with Crippen LogP contribution in [-0.2, 0) is 10.0 Å². The topological polar surface area (TPSA) is 89.5 Å². The third-order valence-electron chi connectivity index (χ3n) is 3.07. The fourth-order valence-corrected chi connectivity index (χ4v) is 3.61. The molecule has 2 aromatic rings. The Morgan fingerprint density at radius 1 is 1.37 bits per heavy atom. The zero-order valence-electron chi connectivity index (χ0n) is 11.0. The van der Waals surface area contributed by atoms with Crippen molar-refractivity contribution in [1.29, 1.82) is 0 Å². The monoisotopic (exact) mass is 282 g/mol. The molecule has 0 saturated carbocycles. The molecule has 0 atom stereocenters. The lowest BCUT2D eigenvalue weighted by atomic mass is 10.2. The summed E-state index contributed by atoms with van der Waals surface area (Å²) in [5.74, 6) is 0.0182. The number of pyridine rings is 1. The molecule has 3 N–H and O–H groups in total. The fraction of sp³-hybridized carbons (Fsp3) is 0.417. The van der Waals surface area contributed by atoms with Crippen LogP contribution in [0.2, 0.25) is 0 Å². The van der Waals surface area contributed by atoms with Gasteiger partial charge in [-0.05, 0) is 25.0 Å². The molecule has 0 aromatic carbocycles. The second kappa shape index (κ2) is 5.18. The summed E-state index contributed by atoms with van der Waals surface area (Å²) in [7, 11) is -3.67. The lowest BCUT2D eigenvalue weighted by Gasteiger charge is -2.14. The Balaban J connectivity index is 2.51. The zero-order valence-corrected chi connectivity index (χ0v) is 11.8. The van der Waals surface area contributed by atoms with E-state index in [0.717, 1.165) is 12.8 Å². The van der Waals surface area contributed by atoms with E-state index in [1.54, 1.807) is 24.4 Å². The molecule has 0 aliphatic rings. The van der Waals surface area contributed by atoms with Crippen molar-refractivity contribution < 1.29 is 8.42 Å². The van der Waals surface area contributed by atoms with Gasteiger partial charge in [0.05, 0.1) is 0 Å². The number of imidazole rings is 1. The Morgan fingerprint density at radius 3 is 2.68 bits per heavy atom. The maximum atomic E-state index is 12.4. The van der Waals surface area contributed by atoms with Gasteiger partial charge in [0.2, 0.25) is 0 Å². The summed E-state index contributed by atoms with van der Waals surface area (Å²) >= 11 is 0. The number of sulfonamides is 1. The van der Waals surface area contributed by atoms with Crippen LogP contribution in [0.15, 0.2) is 29.4 Å². The van der Waals surface area contributed by atoms with Crippen LogP contribution in [0.4, 0.5) is 5.82 Å². The van der Waals surface area contributed by atoms with Crippen LogP contribution < -0.4 is 10.5 Å². The molecule has 0 radical (unpaired) electrons. The van der Waals surface area contributed by atoms with Gasteiger partial charge < -0.3 is 5.73 Å². The molecule has 0 bridgehead atoms. The molecule has 2 rings (SSSR count). The van der Waals surface area contributed by atoms with Gasteiger partial charge >= 0.3 is 0 Å². The molecule has 0 amide bonds. The number of nitrogens with one attached hydrogen (secondary N) is 1. The van der Waals surface area contributed by atoms with Gasteiger partial charge in [-0.3, -0.25) is 4.40 Å². The van der Waals surface area contributed by atoms with Crippen molar-refractivity contribution in [2.45, 2.75) is 37.8 Å². The maximum absolute atomic E-state index is 12.4. The Bertz CT molecular complexity index is 674.